The minimum Gasteiger partial charge on any atom is -0.352 e. The lowest BCUT2D eigenvalue weighted by atomic mass is 9.68. The lowest BCUT2D eigenvalue weighted by molar-refractivity contribution is -0.231. The van der Waals surface area contributed by atoms with Crippen LogP contribution in [-0.2, 0) is 9.47 Å². The number of nitriles is 1. The molecule has 0 radical (unpaired) electrons. The van der Waals surface area contributed by atoms with E-state index >= 15 is 0 Å². The summed E-state index contributed by atoms with van der Waals surface area (Å²) in [5, 5.41) is 9.68. The Bertz CT molecular complexity index is 387. The number of rotatable bonds is 10. The predicted molar refractivity (Wildman–Crippen MR) is 102 cm³/mol. The van der Waals surface area contributed by atoms with Gasteiger partial charge in [0, 0.05) is 11.8 Å². The van der Waals surface area contributed by atoms with Gasteiger partial charge in [0.25, 0.3) is 0 Å². The van der Waals surface area contributed by atoms with Gasteiger partial charge in [-0.3, -0.25) is 0 Å². The van der Waals surface area contributed by atoms with Crippen molar-refractivity contribution in [3.05, 3.63) is 0 Å². The van der Waals surface area contributed by atoms with Crippen molar-refractivity contribution in [3.63, 3.8) is 0 Å². The SMILES string of the molecule is CCCCCCC1COC([C@H]2CC[C@](C#N)(CCCCC)CC2)OC1. The third-order valence-corrected chi connectivity index (χ3v) is 6.33. The van der Waals surface area contributed by atoms with Crippen LogP contribution in [0.2, 0.25) is 0 Å². The first kappa shape index (κ1) is 20.7. The van der Waals surface area contributed by atoms with Gasteiger partial charge in [-0.1, -0.05) is 58.8 Å². The molecule has 0 unspecified atom stereocenters. The standard InChI is InChI=1S/C22H39NO2/c1-3-5-7-8-10-19-16-24-21(25-17-19)20-11-14-22(18-23,15-12-20)13-9-6-4-2/h19-21H,3-17H2,1-2H3/t19?,20-,21?,22+. The minimum absolute atomic E-state index is 0.0146. The van der Waals surface area contributed by atoms with Crippen LogP contribution in [0.4, 0.5) is 0 Å². The van der Waals surface area contributed by atoms with Crippen molar-refractivity contribution < 1.29 is 9.47 Å². The molecule has 3 nitrogen and oxygen atoms in total. The van der Waals surface area contributed by atoms with Crippen LogP contribution in [0.25, 0.3) is 0 Å². The van der Waals surface area contributed by atoms with Gasteiger partial charge in [0.05, 0.1) is 24.7 Å². The molecule has 144 valence electrons. The van der Waals surface area contributed by atoms with Gasteiger partial charge < -0.3 is 9.47 Å². The van der Waals surface area contributed by atoms with Crippen LogP contribution in [0.15, 0.2) is 0 Å². The van der Waals surface area contributed by atoms with Crippen LogP contribution in [0.5, 0.6) is 0 Å². The Morgan fingerprint density at radius 3 is 2.16 bits per heavy atom. The van der Waals surface area contributed by atoms with Gasteiger partial charge in [0.15, 0.2) is 6.29 Å². The molecular weight excluding hydrogens is 310 g/mol. The molecule has 1 saturated carbocycles. The lowest BCUT2D eigenvalue weighted by Gasteiger charge is -2.40. The summed E-state index contributed by atoms with van der Waals surface area (Å²) in [6.07, 6.45) is 15.5. The summed E-state index contributed by atoms with van der Waals surface area (Å²) in [6.45, 7) is 6.22. The molecule has 1 aliphatic carbocycles. The lowest BCUT2D eigenvalue weighted by Crippen LogP contribution is -2.40. The highest BCUT2D eigenvalue weighted by Crippen LogP contribution is 2.44. The average molecular weight is 350 g/mol. The minimum atomic E-state index is -0.0673. The molecule has 1 heterocycles. The van der Waals surface area contributed by atoms with Crippen molar-refractivity contribution in [1.82, 2.24) is 0 Å². The van der Waals surface area contributed by atoms with E-state index in [9.17, 15) is 5.26 Å². The molecule has 0 N–H and O–H groups in total. The molecule has 1 aliphatic heterocycles. The first-order chi connectivity index (χ1) is 12.2. The van der Waals surface area contributed by atoms with E-state index in [1.165, 1.54) is 51.4 Å². The maximum absolute atomic E-state index is 9.68. The Morgan fingerprint density at radius 2 is 1.56 bits per heavy atom. The van der Waals surface area contributed by atoms with E-state index in [1.54, 1.807) is 0 Å². The summed E-state index contributed by atoms with van der Waals surface area (Å²) in [5.41, 5.74) is -0.0673. The number of unbranched alkanes of at least 4 members (excludes halogenated alkanes) is 5. The molecule has 3 heteroatoms. The van der Waals surface area contributed by atoms with E-state index in [2.05, 4.69) is 19.9 Å². The van der Waals surface area contributed by atoms with E-state index in [0.29, 0.717) is 11.8 Å². The monoisotopic (exact) mass is 349 g/mol. The second-order valence-corrected chi connectivity index (χ2v) is 8.44. The summed E-state index contributed by atoms with van der Waals surface area (Å²) in [7, 11) is 0. The van der Waals surface area contributed by atoms with Crippen LogP contribution in [0, 0.1) is 28.6 Å². The van der Waals surface area contributed by atoms with E-state index < -0.39 is 0 Å². The van der Waals surface area contributed by atoms with Crippen LogP contribution >= 0.6 is 0 Å². The second kappa shape index (κ2) is 11.2. The van der Waals surface area contributed by atoms with Gasteiger partial charge in [-0.2, -0.15) is 5.26 Å². The third kappa shape index (κ3) is 6.57. The normalized spacial score (nSPS) is 33.1. The van der Waals surface area contributed by atoms with Crippen molar-refractivity contribution >= 4 is 0 Å². The Morgan fingerprint density at radius 1 is 0.920 bits per heavy atom. The molecule has 0 atom stereocenters. The average Bonchev–Trinajstić information content (AvgIpc) is 2.67. The zero-order chi connectivity index (χ0) is 18.0. The van der Waals surface area contributed by atoms with E-state index in [1.807, 2.05) is 0 Å². The van der Waals surface area contributed by atoms with Crippen molar-refractivity contribution in [1.29, 1.82) is 5.26 Å². The van der Waals surface area contributed by atoms with Gasteiger partial charge >= 0.3 is 0 Å². The summed E-state index contributed by atoms with van der Waals surface area (Å²) in [5.74, 6) is 1.08. The highest BCUT2D eigenvalue weighted by Gasteiger charge is 2.39. The van der Waals surface area contributed by atoms with E-state index in [4.69, 9.17) is 9.47 Å². The Balaban J connectivity index is 1.67. The highest BCUT2D eigenvalue weighted by atomic mass is 16.7. The summed E-state index contributed by atoms with van der Waals surface area (Å²) >= 11 is 0. The zero-order valence-electron chi connectivity index (χ0n) is 16.6. The first-order valence-corrected chi connectivity index (χ1v) is 10.9. The number of hydrogen-bond acceptors (Lipinski definition) is 3. The number of nitrogens with zero attached hydrogens (tertiary/aromatic N) is 1. The Hall–Kier alpha value is -0.590. The van der Waals surface area contributed by atoms with Crippen molar-refractivity contribution in [2.45, 2.75) is 104 Å². The first-order valence-electron chi connectivity index (χ1n) is 10.9. The molecule has 2 rings (SSSR count). The molecule has 2 aliphatic rings. The molecule has 0 aromatic carbocycles. The van der Waals surface area contributed by atoms with Gasteiger partial charge in [0.2, 0.25) is 0 Å². The molecule has 0 amide bonds. The summed E-state index contributed by atoms with van der Waals surface area (Å²) in [6, 6.07) is 2.66. The second-order valence-electron chi connectivity index (χ2n) is 8.44. The molecule has 25 heavy (non-hydrogen) atoms. The molecule has 1 saturated heterocycles. The van der Waals surface area contributed by atoms with Gasteiger partial charge in [-0.05, 0) is 38.5 Å². The maximum atomic E-state index is 9.68. The van der Waals surface area contributed by atoms with Crippen LogP contribution in [-0.4, -0.2) is 19.5 Å². The smallest absolute Gasteiger partial charge is 0.160 e. The van der Waals surface area contributed by atoms with Crippen LogP contribution in [0.1, 0.15) is 97.3 Å². The highest BCUT2D eigenvalue weighted by molar-refractivity contribution is 5.01. The van der Waals surface area contributed by atoms with E-state index in [0.717, 1.165) is 45.3 Å². The summed E-state index contributed by atoms with van der Waals surface area (Å²) in [4.78, 5) is 0. The number of hydrogen-bond donors (Lipinski definition) is 0. The topological polar surface area (TPSA) is 42.2 Å². The van der Waals surface area contributed by atoms with Crippen LogP contribution in [0.3, 0.4) is 0 Å². The summed E-state index contributed by atoms with van der Waals surface area (Å²) < 4.78 is 12.2. The molecule has 0 spiro atoms. The fourth-order valence-electron chi connectivity index (χ4n) is 4.45. The molecule has 0 aromatic heterocycles. The Kier molecular flexibility index (Phi) is 9.28. The quantitative estimate of drug-likeness (QED) is 0.439. The molecule has 0 aromatic rings. The van der Waals surface area contributed by atoms with Crippen molar-refractivity contribution in [2.75, 3.05) is 13.2 Å². The van der Waals surface area contributed by atoms with Gasteiger partial charge in [0.1, 0.15) is 0 Å². The predicted octanol–water partition coefficient (Wildman–Crippen LogP) is 6.23. The molecule has 2 fully saturated rings. The molecular formula is C22H39NO2. The van der Waals surface area contributed by atoms with Crippen molar-refractivity contribution in [3.8, 4) is 6.07 Å². The Labute approximate surface area is 155 Å². The van der Waals surface area contributed by atoms with E-state index in [-0.39, 0.29) is 11.7 Å². The largest absolute Gasteiger partial charge is 0.352 e. The number of ether oxygens (including phenoxy) is 2. The maximum Gasteiger partial charge on any atom is 0.160 e. The van der Waals surface area contributed by atoms with Gasteiger partial charge in [-0.15, -0.1) is 0 Å². The zero-order valence-corrected chi connectivity index (χ0v) is 16.6. The molecule has 0 bridgehead atoms. The fourth-order valence-corrected chi connectivity index (χ4v) is 4.45. The third-order valence-electron chi connectivity index (χ3n) is 6.33. The fraction of sp³-hybridized carbons (Fsp3) is 0.955. The van der Waals surface area contributed by atoms with Crippen LogP contribution < -0.4 is 0 Å². The van der Waals surface area contributed by atoms with Crippen molar-refractivity contribution in [2.24, 2.45) is 17.3 Å². The van der Waals surface area contributed by atoms with Gasteiger partial charge in [-0.25, -0.2) is 0 Å².